The highest BCUT2D eigenvalue weighted by Gasteiger charge is 2.41. The van der Waals surface area contributed by atoms with Gasteiger partial charge in [0.15, 0.2) is 16.6 Å². The van der Waals surface area contributed by atoms with Crippen molar-refractivity contribution in [1.82, 2.24) is 0 Å². The molecule has 0 spiro atoms. The van der Waals surface area contributed by atoms with E-state index in [1.165, 1.54) is 0 Å². The van der Waals surface area contributed by atoms with E-state index < -0.39 is 34.9 Å². The van der Waals surface area contributed by atoms with E-state index in [1.807, 2.05) is 55.5 Å². The zero-order chi connectivity index (χ0) is 35.5. The van der Waals surface area contributed by atoms with Crippen LogP contribution in [0.4, 0.5) is 0 Å². The van der Waals surface area contributed by atoms with Crippen molar-refractivity contribution in [1.29, 1.82) is 0 Å². The van der Waals surface area contributed by atoms with E-state index in [1.54, 1.807) is 14.2 Å². The molecular weight excluding hydrogens is 625 g/mol. The average molecular weight is 687 g/mol. The van der Waals surface area contributed by atoms with Gasteiger partial charge in [-0.25, -0.2) is 0 Å². The minimum Gasteiger partial charge on any atom is -0.497 e. The minimum atomic E-state index is -2.27. The van der Waals surface area contributed by atoms with Crippen molar-refractivity contribution >= 4 is 16.6 Å². The molecule has 0 aliphatic rings. The molecular formula is C38H62O7Si2. The average Bonchev–Trinajstić information content (AvgIpc) is 2.99. The first-order chi connectivity index (χ1) is 21.8. The predicted octanol–water partition coefficient (Wildman–Crippen LogP) is 8.75. The van der Waals surface area contributed by atoms with Gasteiger partial charge in [-0.3, -0.25) is 0 Å². The summed E-state index contributed by atoms with van der Waals surface area (Å²) in [5, 5.41) is 11.2. The molecule has 7 nitrogen and oxygen atoms in total. The summed E-state index contributed by atoms with van der Waals surface area (Å²) in [5.41, 5.74) is 2.12. The second-order valence-corrected chi connectivity index (χ2v) is 24.9. The van der Waals surface area contributed by atoms with Gasteiger partial charge in [0.05, 0.1) is 39.6 Å². The van der Waals surface area contributed by atoms with Gasteiger partial charge in [0, 0.05) is 6.61 Å². The topological polar surface area (TPSA) is 75.6 Å². The number of ether oxygens (including phenoxy) is 4. The summed E-state index contributed by atoms with van der Waals surface area (Å²) in [4.78, 5) is 0. The molecule has 9 heteroatoms. The molecule has 0 aliphatic heterocycles. The lowest BCUT2D eigenvalue weighted by Crippen LogP contribution is -2.47. The third kappa shape index (κ3) is 13.3. The van der Waals surface area contributed by atoms with Crippen LogP contribution in [0.3, 0.4) is 0 Å². The quantitative estimate of drug-likeness (QED) is 0.101. The molecule has 0 aliphatic carbocycles. The summed E-state index contributed by atoms with van der Waals surface area (Å²) in [5.74, 6) is 8.08. The van der Waals surface area contributed by atoms with Crippen LogP contribution < -0.4 is 9.47 Å². The highest BCUT2D eigenvalue weighted by atomic mass is 28.4. The summed E-state index contributed by atoms with van der Waals surface area (Å²) >= 11 is 0. The number of aliphatic hydroxyl groups excluding tert-OH is 1. The summed E-state index contributed by atoms with van der Waals surface area (Å²) in [6, 6.07) is 15.8. The standard InChI is InChI=1S/C38H62O7Si2/c1-29(44-46(10,11)37(2,3)4)34(39)24-25-36(45-47(12,13)38(5,6)7)35(43-28-31-18-22-33(41-9)23-19-31)15-14-26-42-27-30-16-20-32(40-8)21-17-30/h16-23,29,34-36,39H,14-15,26-28H2,1-13H3/t29-,34+,35+,36+/m0/s1. The smallest absolute Gasteiger partial charge is 0.193 e. The molecule has 2 aromatic rings. The normalized spacial score (nSPS) is 15.3. The molecule has 0 radical (unpaired) electrons. The van der Waals surface area contributed by atoms with Crippen LogP contribution in [0.2, 0.25) is 36.3 Å². The highest BCUT2D eigenvalue weighted by Crippen LogP contribution is 2.39. The first-order valence-electron chi connectivity index (χ1n) is 16.8. The molecule has 1 N–H and O–H groups in total. The van der Waals surface area contributed by atoms with Gasteiger partial charge in [0.25, 0.3) is 0 Å². The minimum absolute atomic E-state index is 0.0260. The van der Waals surface area contributed by atoms with Crippen molar-refractivity contribution in [3.8, 4) is 23.3 Å². The van der Waals surface area contributed by atoms with E-state index in [0.29, 0.717) is 26.2 Å². The molecule has 0 bridgehead atoms. The van der Waals surface area contributed by atoms with Gasteiger partial charge < -0.3 is 32.9 Å². The molecule has 0 heterocycles. The van der Waals surface area contributed by atoms with Gasteiger partial charge in [-0.05, 0) is 91.4 Å². The fourth-order valence-corrected chi connectivity index (χ4v) is 6.84. The number of hydrogen-bond donors (Lipinski definition) is 1. The molecule has 0 unspecified atom stereocenters. The second-order valence-electron chi connectivity index (χ2n) is 15.4. The zero-order valence-electron chi connectivity index (χ0n) is 31.4. The Kier molecular flexibility index (Phi) is 15.7. The Morgan fingerprint density at radius 2 is 1.17 bits per heavy atom. The van der Waals surface area contributed by atoms with Gasteiger partial charge in [-0.1, -0.05) is 77.6 Å². The van der Waals surface area contributed by atoms with E-state index in [-0.39, 0.29) is 16.2 Å². The Morgan fingerprint density at radius 3 is 1.64 bits per heavy atom. The number of aliphatic hydroxyl groups is 1. The first kappa shape index (κ1) is 41.0. The van der Waals surface area contributed by atoms with E-state index in [2.05, 4.69) is 79.6 Å². The molecule has 2 aromatic carbocycles. The molecule has 0 saturated heterocycles. The van der Waals surface area contributed by atoms with Crippen molar-refractivity contribution < 1.29 is 32.9 Å². The number of benzene rings is 2. The third-order valence-corrected chi connectivity index (χ3v) is 18.5. The molecule has 4 atom stereocenters. The fraction of sp³-hybridized carbons (Fsp3) is 0.632. The predicted molar refractivity (Wildman–Crippen MR) is 197 cm³/mol. The SMILES string of the molecule is COc1ccc(COCCC[C@@H](OCc2ccc(OC)cc2)[C@@H](C#C[C@@H](O)[C@H](C)O[Si](C)(C)C(C)(C)C)O[Si](C)(C)C(C)(C)C)cc1. The largest absolute Gasteiger partial charge is 0.497 e. The van der Waals surface area contributed by atoms with Gasteiger partial charge in [-0.15, -0.1) is 0 Å². The molecule has 2 rings (SSSR count). The van der Waals surface area contributed by atoms with Crippen molar-refractivity contribution in [2.45, 2.75) is 135 Å². The van der Waals surface area contributed by atoms with E-state index >= 15 is 0 Å². The summed E-state index contributed by atoms with van der Waals surface area (Å²) in [6.07, 6.45) is -0.821. The maximum atomic E-state index is 11.2. The van der Waals surface area contributed by atoms with Crippen LogP contribution in [-0.4, -0.2) is 67.0 Å². The Bertz CT molecular complexity index is 1250. The fourth-order valence-electron chi connectivity index (χ4n) is 4.23. The Labute approximate surface area is 287 Å². The van der Waals surface area contributed by atoms with Gasteiger partial charge in [-0.2, -0.15) is 0 Å². The maximum absolute atomic E-state index is 11.2. The van der Waals surface area contributed by atoms with E-state index in [9.17, 15) is 5.11 Å². The Hall–Kier alpha value is -2.17. The lowest BCUT2D eigenvalue weighted by Gasteiger charge is -2.40. The third-order valence-electron chi connectivity index (χ3n) is 9.50. The van der Waals surface area contributed by atoms with Crippen molar-refractivity contribution in [2.24, 2.45) is 0 Å². The molecule has 0 saturated carbocycles. The van der Waals surface area contributed by atoms with Gasteiger partial charge >= 0.3 is 0 Å². The first-order valence-corrected chi connectivity index (χ1v) is 22.6. The van der Waals surface area contributed by atoms with Crippen molar-refractivity contribution in [3.63, 3.8) is 0 Å². The van der Waals surface area contributed by atoms with Gasteiger partial charge in [0.2, 0.25) is 0 Å². The molecule has 0 fully saturated rings. The second kappa shape index (κ2) is 18.0. The maximum Gasteiger partial charge on any atom is 0.193 e. The van der Waals surface area contributed by atoms with Crippen molar-refractivity contribution in [3.05, 3.63) is 59.7 Å². The highest BCUT2D eigenvalue weighted by molar-refractivity contribution is 6.74. The summed E-state index contributed by atoms with van der Waals surface area (Å²) in [7, 11) is -1.04. The molecule has 0 aromatic heterocycles. The molecule has 0 amide bonds. The van der Waals surface area contributed by atoms with E-state index in [4.69, 9.17) is 27.8 Å². The summed E-state index contributed by atoms with van der Waals surface area (Å²) < 4.78 is 36.7. The van der Waals surface area contributed by atoms with E-state index in [0.717, 1.165) is 29.0 Å². The van der Waals surface area contributed by atoms with Crippen LogP contribution >= 0.6 is 0 Å². The van der Waals surface area contributed by atoms with Crippen LogP contribution in [0.5, 0.6) is 11.5 Å². The zero-order valence-corrected chi connectivity index (χ0v) is 33.4. The van der Waals surface area contributed by atoms with Crippen molar-refractivity contribution in [2.75, 3.05) is 20.8 Å². The van der Waals surface area contributed by atoms with Crippen LogP contribution in [0, 0.1) is 11.8 Å². The number of rotatable bonds is 17. The van der Waals surface area contributed by atoms with Crippen LogP contribution in [-0.2, 0) is 31.5 Å². The number of hydrogen-bond acceptors (Lipinski definition) is 7. The lowest BCUT2D eigenvalue weighted by atomic mass is 10.1. The lowest BCUT2D eigenvalue weighted by molar-refractivity contribution is -0.0281. The number of methoxy groups -OCH3 is 2. The van der Waals surface area contributed by atoms with Gasteiger partial charge in [0.1, 0.15) is 23.7 Å². The van der Waals surface area contributed by atoms with Crippen LogP contribution in [0.15, 0.2) is 48.5 Å². The molecule has 264 valence electrons. The van der Waals surface area contributed by atoms with Crippen LogP contribution in [0.1, 0.15) is 72.4 Å². The van der Waals surface area contributed by atoms with Crippen LogP contribution in [0.25, 0.3) is 0 Å². The Balaban J connectivity index is 2.30. The molecule has 47 heavy (non-hydrogen) atoms. The monoisotopic (exact) mass is 686 g/mol. The summed E-state index contributed by atoms with van der Waals surface area (Å²) in [6.45, 7) is 25.4. The Morgan fingerprint density at radius 1 is 0.702 bits per heavy atom.